The maximum absolute atomic E-state index is 4.08. The minimum Gasteiger partial charge on any atom is -0.285 e. The van der Waals surface area contributed by atoms with Crippen LogP contribution in [0.3, 0.4) is 0 Å². The molecule has 2 heteroatoms. The van der Waals surface area contributed by atoms with Crippen molar-refractivity contribution in [3.8, 4) is 0 Å². The third-order valence-electron chi connectivity index (χ3n) is 1.88. The summed E-state index contributed by atoms with van der Waals surface area (Å²) in [5, 5.41) is 6.94. The minimum absolute atomic E-state index is 0.671. The molecule has 1 N–H and O–H groups in total. The van der Waals surface area contributed by atoms with E-state index in [1.165, 1.54) is 5.56 Å². The zero-order valence-corrected chi connectivity index (χ0v) is 5.96. The number of allylic oxidation sites excluding steroid dienone is 1. The van der Waals surface area contributed by atoms with Crippen LogP contribution in [-0.4, -0.2) is 10.2 Å². The average Bonchev–Trinajstić information content (AvgIpc) is 2.33. The number of rotatable bonds is 0. The molecule has 1 aliphatic carbocycles. The zero-order chi connectivity index (χ0) is 6.97. The second-order valence-corrected chi connectivity index (χ2v) is 2.84. The molecule has 2 rings (SSSR count). The number of aromatic nitrogens is 2. The van der Waals surface area contributed by atoms with Gasteiger partial charge in [-0.25, -0.2) is 0 Å². The van der Waals surface area contributed by atoms with Crippen LogP contribution in [-0.2, 0) is 6.42 Å². The van der Waals surface area contributed by atoms with Crippen LogP contribution >= 0.6 is 0 Å². The maximum atomic E-state index is 4.08. The summed E-state index contributed by atoms with van der Waals surface area (Å²) in [6, 6.07) is 0. The topological polar surface area (TPSA) is 28.7 Å². The van der Waals surface area contributed by atoms with E-state index in [0.717, 1.165) is 12.1 Å². The highest BCUT2D eigenvalue weighted by Crippen LogP contribution is 2.19. The minimum atomic E-state index is 0.671. The molecule has 1 unspecified atom stereocenters. The Kier molecular flexibility index (Phi) is 1.13. The van der Waals surface area contributed by atoms with Gasteiger partial charge >= 0.3 is 0 Å². The monoisotopic (exact) mass is 134 g/mol. The van der Waals surface area contributed by atoms with Crippen LogP contribution in [0.5, 0.6) is 0 Å². The van der Waals surface area contributed by atoms with Crippen molar-refractivity contribution >= 4 is 6.08 Å². The lowest BCUT2D eigenvalue weighted by Crippen LogP contribution is -2.00. The molecule has 10 heavy (non-hydrogen) atoms. The Balaban J connectivity index is 2.43. The Bertz CT molecular complexity index is 260. The molecule has 2 nitrogen and oxygen atoms in total. The van der Waals surface area contributed by atoms with Gasteiger partial charge in [-0.05, 0) is 24.0 Å². The number of fused-ring (bicyclic) bond motifs is 1. The third-order valence-corrected chi connectivity index (χ3v) is 1.88. The molecular formula is C8H10N2. The van der Waals surface area contributed by atoms with Gasteiger partial charge < -0.3 is 0 Å². The van der Waals surface area contributed by atoms with Gasteiger partial charge in [0.05, 0.1) is 5.69 Å². The number of nitrogens with zero attached hydrogens (tertiary/aromatic N) is 1. The van der Waals surface area contributed by atoms with Crippen molar-refractivity contribution in [2.24, 2.45) is 5.92 Å². The van der Waals surface area contributed by atoms with Gasteiger partial charge in [0.15, 0.2) is 0 Å². The fourth-order valence-electron chi connectivity index (χ4n) is 1.30. The zero-order valence-electron chi connectivity index (χ0n) is 5.96. The predicted octanol–water partition coefficient (Wildman–Crippen LogP) is 1.62. The van der Waals surface area contributed by atoms with Crippen molar-refractivity contribution in [2.75, 3.05) is 0 Å². The Morgan fingerprint density at radius 3 is 3.50 bits per heavy atom. The lowest BCUT2D eigenvalue weighted by molar-refractivity contribution is 0.717. The Morgan fingerprint density at radius 2 is 2.60 bits per heavy atom. The van der Waals surface area contributed by atoms with Gasteiger partial charge in [0.2, 0.25) is 0 Å². The van der Waals surface area contributed by atoms with Gasteiger partial charge in [-0.2, -0.15) is 5.10 Å². The molecule has 0 saturated carbocycles. The van der Waals surface area contributed by atoms with Crippen LogP contribution in [0.2, 0.25) is 0 Å². The van der Waals surface area contributed by atoms with E-state index in [-0.39, 0.29) is 0 Å². The lowest BCUT2D eigenvalue weighted by atomic mass is 9.96. The number of nitrogens with one attached hydrogen (secondary N) is 1. The summed E-state index contributed by atoms with van der Waals surface area (Å²) in [4.78, 5) is 0. The Hall–Kier alpha value is -1.05. The van der Waals surface area contributed by atoms with Gasteiger partial charge in [0, 0.05) is 6.20 Å². The first-order chi connectivity index (χ1) is 4.86. The van der Waals surface area contributed by atoms with Gasteiger partial charge in [-0.15, -0.1) is 0 Å². The summed E-state index contributed by atoms with van der Waals surface area (Å²) in [6.45, 7) is 2.21. The van der Waals surface area contributed by atoms with Gasteiger partial charge in [0.25, 0.3) is 0 Å². The lowest BCUT2D eigenvalue weighted by Gasteiger charge is -2.08. The summed E-state index contributed by atoms with van der Waals surface area (Å²) in [7, 11) is 0. The van der Waals surface area contributed by atoms with Crippen LogP contribution in [0, 0.1) is 5.92 Å². The fourth-order valence-corrected chi connectivity index (χ4v) is 1.30. The fraction of sp³-hybridized carbons (Fsp3) is 0.375. The number of aromatic amines is 1. The van der Waals surface area contributed by atoms with Crippen molar-refractivity contribution in [1.29, 1.82) is 0 Å². The standard InChI is InChI=1S/C8H10N2/c1-6-2-3-8-7(4-6)5-9-10-8/h2-3,5-6H,4H2,1H3,(H,9,10). The molecule has 0 bridgehead atoms. The molecule has 1 atom stereocenters. The van der Waals surface area contributed by atoms with Crippen molar-refractivity contribution in [3.05, 3.63) is 23.5 Å². The number of hydrogen-bond acceptors (Lipinski definition) is 1. The van der Waals surface area contributed by atoms with E-state index >= 15 is 0 Å². The van der Waals surface area contributed by atoms with E-state index in [0.29, 0.717) is 5.92 Å². The van der Waals surface area contributed by atoms with Crippen molar-refractivity contribution in [2.45, 2.75) is 13.3 Å². The molecule has 0 fully saturated rings. The summed E-state index contributed by atoms with van der Waals surface area (Å²) in [5.74, 6) is 0.671. The van der Waals surface area contributed by atoms with Crippen molar-refractivity contribution < 1.29 is 0 Å². The van der Waals surface area contributed by atoms with E-state index in [2.05, 4.69) is 29.3 Å². The molecular weight excluding hydrogens is 124 g/mol. The largest absolute Gasteiger partial charge is 0.285 e. The molecule has 0 aliphatic heterocycles. The van der Waals surface area contributed by atoms with E-state index < -0.39 is 0 Å². The summed E-state index contributed by atoms with van der Waals surface area (Å²) in [5.41, 5.74) is 2.45. The van der Waals surface area contributed by atoms with Crippen LogP contribution in [0.15, 0.2) is 12.3 Å². The van der Waals surface area contributed by atoms with E-state index in [9.17, 15) is 0 Å². The molecule has 1 aromatic heterocycles. The molecule has 0 saturated heterocycles. The second kappa shape index (κ2) is 1.97. The summed E-state index contributed by atoms with van der Waals surface area (Å²) < 4.78 is 0. The number of H-pyrrole nitrogens is 1. The van der Waals surface area contributed by atoms with Gasteiger partial charge in [-0.3, -0.25) is 5.10 Å². The first-order valence-electron chi connectivity index (χ1n) is 3.57. The molecule has 0 amide bonds. The van der Waals surface area contributed by atoms with E-state index in [1.807, 2.05) is 6.20 Å². The first kappa shape index (κ1) is 5.71. The van der Waals surface area contributed by atoms with E-state index in [4.69, 9.17) is 0 Å². The normalized spacial score (nSPS) is 22.7. The highest BCUT2D eigenvalue weighted by atomic mass is 15.1. The molecule has 0 radical (unpaired) electrons. The summed E-state index contributed by atoms with van der Waals surface area (Å²) in [6.07, 6.45) is 7.39. The van der Waals surface area contributed by atoms with Crippen molar-refractivity contribution in [3.63, 3.8) is 0 Å². The molecule has 1 heterocycles. The average molecular weight is 134 g/mol. The Labute approximate surface area is 60.0 Å². The van der Waals surface area contributed by atoms with Crippen molar-refractivity contribution in [1.82, 2.24) is 10.2 Å². The maximum Gasteiger partial charge on any atom is 0.0877 e. The molecule has 52 valence electrons. The van der Waals surface area contributed by atoms with E-state index in [1.54, 1.807) is 0 Å². The van der Waals surface area contributed by atoms with Crippen LogP contribution < -0.4 is 0 Å². The van der Waals surface area contributed by atoms with Crippen LogP contribution in [0.1, 0.15) is 18.2 Å². The van der Waals surface area contributed by atoms with Gasteiger partial charge in [-0.1, -0.05) is 13.0 Å². The molecule has 0 aromatic carbocycles. The smallest absolute Gasteiger partial charge is 0.0877 e. The van der Waals surface area contributed by atoms with Crippen LogP contribution in [0.4, 0.5) is 0 Å². The number of hydrogen-bond donors (Lipinski definition) is 1. The third kappa shape index (κ3) is 0.764. The summed E-state index contributed by atoms with van der Waals surface area (Å²) >= 11 is 0. The molecule has 0 spiro atoms. The quantitative estimate of drug-likeness (QED) is 0.573. The Morgan fingerprint density at radius 1 is 1.70 bits per heavy atom. The first-order valence-corrected chi connectivity index (χ1v) is 3.57. The van der Waals surface area contributed by atoms with Crippen LogP contribution in [0.25, 0.3) is 6.08 Å². The predicted molar refractivity (Wildman–Crippen MR) is 40.5 cm³/mol. The van der Waals surface area contributed by atoms with Gasteiger partial charge in [0.1, 0.15) is 0 Å². The molecule has 1 aromatic rings. The highest BCUT2D eigenvalue weighted by molar-refractivity contribution is 5.51. The highest BCUT2D eigenvalue weighted by Gasteiger charge is 2.10. The second-order valence-electron chi connectivity index (χ2n) is 2.84. The molecule has 1 aliphatic rings. The SMILES string of the molecule is CC1C=Cc2n[nH]cc2C1.